The van der Waals surface area contributed by atoms with Gasteiger partial charge in [0.2, 0.25) is 5.95 Å². The van der Waals surface area contributed by atoms with Crippen LogP contribution in [0.1, 0.15) is 22.8 Å². The van der Waals surface area contributed by atoms with Crippen LogP contribution in [0.5, 0.6) is 0 Å². The topological polar surface area (TPSA) is 103 Å². The van der Waals surface area contributed by atoms with E-state index in [-0.39, 0.29) is 17.2 Å². The zero-order valence-electron chi connectivity index (χ0n) is 11.0. The Morgan fingerprint density at radius 2 is 2.25 bits per heavy atom. The Morgan fingerprint density at radius 1 is 1.50 bits per heavy atom. The molecule has 0 saturated heterocycles. The maximum atomic E-state index is 12.0. The van der Waals surface area contributed by atoms with E-state index in [1.165, 1.54) is 17.0 Å². The largest absolute Gasteiger partial charge is 0.303 e. The highest BCUT2D eigenvalue weighted by Gasteiger charge is 2.17. The van der Waals surface area contributed by atoms with Gasteiger partial charge in [0.05, 0.1) is 4.92 Å². The number of nitro groups is 1. The summed E-state index contributed by atoms with van der Waals surface area (Å²) in [7, 11) is 1.68. The number of hydrogen-bond donors (Lipinski definition) is 1. The van der Waals surface area contributed by atoms with Crippen LogP contribution in [-0.4, -0.2) is 25.6 Å². The van der Waals surface area contributed by atoms with Crippen molar-refractivity contribution in [3.8, 4) is 0 Å². The number of anilines is 1. The molecule has 0 aliphatic carbocycles. The van der Waals surface area contributed by atoms with Crippen LogP contribution in [0.3, 0.4) is 0 Å². The smallest absolute Gasteiger partial charge is 0.273 e. The van der Waals surface area contributed by atoms with Crippen LogP contribution in [0, 0.1) is 10.1 Å². The molecule has 0 spiro atoms. The predicted octanol–water partition coefficient (Wildman–Crippen LogP) is 1.54. The van der Waals surface area contributed by atoms with Gasteiger partial charge in [-0.15, -0.1) is 10.2 Å². The molecule has 8 nitrogen and oxygen atoms in total. The van der Waals surface area contributed by atoms with Crippen LogP contribution >= 0.6 is 0 Å². The third-order valence-corrected chi connectivity index (χ3v) is 2.86. The Kier molecular flexibility index (Phi) is 3.74. The standard InChI is InChI=1S/C12H13N5O3/c1-3-8-4-5-9(6-10(8)17(19)20)11(18)14-12-15-13-7-16(12)2/h4-7H,3H2,1-2H3,(H,14,15,18). The number of nitrogens with zero attached hydrogens (tertiary/aromatic N) is 4. The van der Waals surface area contributed by atoms with Gasteiger partial charge in [0, 0.05) is 24.2 Å². The number of carbonyl (C=O) groups is 1. The summed E-state index contributed by atoms with van der Waals surface area (Å²) >= 11 is 0. The molecule has 0 atom stereocenters. The number of benzene rings is 1. The van der Waals surface area contributed by atoms with E-state index in [9.17, 15) is 14.9 Å². The lowest BCUT2D eigenvalue weighted by atomic mass is 10.1. The molecule has 2 aromatic rings. The van der Waals surface area contributed by atoms with Crippen molar-refractivity contribution in [3.63, 3.8) is 0 Å². The first-order valence-corrected chi connectivity index (χ1v) is 5.95. The molecule has 0 radical (unpaired) electrons. The highest BCUT2D eigenvalue weighted by molar-refractivity contribution is 6.03. The van der Waals surface area contributed by atoms with Crippen molar-refractivity contribution < 1.29 is 9.72 Å². The number of nitrogens with one attached hydrogen (secondary N) is 1. The van der Waals surface area contributed by atoms with E-state index in [1.54, 1.807) is 19.2 Å². The molecule has 20 heavy (non-hydrogen) atoms. The van der Waals surface area contributed by atoms with E-state index in [0.29, 0.717) is 12.0 Å². The lowest BCUT2D eigenvalue weighted by Gasteiger charge is -2.05. The quantitative estimate of drug-likeness (QED) is 0.673. The van der Waals surface area contributed by atoms with Crippen LogP contribution in [0.2, 0.25) is 0 Å². The van der Waals surface area contributed by atoms with Crippen LogP contribution in [0.25, 0.3) is 0 Å². The fraction of sp³-hybridized carbons (Fsp3) is 0.250. The zero-order chi connectivity index (χ0) is 14.7. The Bertz CT molecular complexity index is 665. The summed E-state index contributed by atoms with van der Waals surface area (Å²) < 4.78 is 1.53. The van der Waals surface area contributed by atoms with Gasteiger partial charge in [0.15, 0.2) is 0 Å². The van der Waals surface area contributed by atoms with Gasteiger partial charge in [-0.25, -0.2) is 0 Å². The average molecular weight is 275 g/mol. The number of nitro benzene ring substituents is 1. The molecule has 1 heterocycles. The van der Waals surface area contributed by atoms with Gasteiger partial charge in [-0.05, 0) is 12.5 Å². The highest BCUT2D eigenvalue weighted by Crippen LogP contribution is 2.21. The molecule has 0 fully saturated rings. The molecule has 0 saturated carbocycles. The summed E-state index contributed by atoms with van der Waals surface area (Å²) in [4.78, 5) is 22.5. The normalized spacial score (nSPS) is 10.3. The molecule has 1 amide bonds. The van der Waals surface area contributed by atoms with Crippen molar-refractivity contribution in [1.82, 2.24) is 14.8 Å². The van der Waals surface area contributed by atoms with E-state index in [1.807, 2.05) is 6.92 Å². The molecule has 0 aliphatic rings. The molecule has 0 unspecified atom stereocenters. The first-order chi connectivity index (χ1) is 9.52. The van der Waals surface area contributed by atoms with Crippen LogP contribution in [-0.2, 0) is 13.5 Å². The number of aromatic nitrogens is 3. The highest BCUT2D eigenvalue weighted by atomic mass is 16.6. The zero-order valence-corrected chi connectivity index (χ0v) is 11.0. The minimum Gasteiger partial charge on any atom is -0.303 e. The van der Waals surface area contributed by atoms with E-state index in [2.05, 4.69) is 15.5 Å². The fourth-order valence-corrected chi connectivity index (χ4v) is 1.74. The van der Waals surface area contributed by atoms with Crippen molar-refractivity contribution >= 4 is 17.5 Å². The first-order valence-electron chi connectivity index (χ1n) is 5.95. The van der Waals surface area contributed by atoms with Gasteiger partial charge < -0.3 is 4.57 Å². The second-order valence-corrected chi connectivity index (χ2v) is 4.17. The van der Waals surface area contributed by atoms with Gasteiger partial charge in [0.1, 0.15) is 6.33 Å². The third-order valence-electron chi connectivity index (χ3n) is 2.86. The number of aryl methyl sites for hydroxylation is 2. The summed E-state index contributed by atoms with van der Waals surface area (Å²) in [5, 5.41) is 20.9. The molecule has 0 aliphatic heterocycles. The molecular weight excluding hydrogens is 262 g/mol. The summed E-state index contributed by atoms with van der Waals surface area (Å²) in [6.07, 6.45) is 1.97. The van der Waals surface area contributed by atoms with Crippen molar-refractivity contribution in [2.75, 3.05) is 5.32 Å². The van der Waals surface area contributed by atoms with Crippen molar-refractivity contribution in [2.24, 2.45) is 7.05 Å². The minimum atomic E-state index is -0.488. The molecule has 1 aromatic carbocycles. The van der Waals surface area contributed by atoms with Crippen molar-refractivity contribution in [3.05, 3.63) is 45.8 Å². The summed E-state index contributed by atoms with van der Waals surface area (Å²) in [6.45, 7) is 1.82. The maximum absolute atomic E-state index is 12.0. The average Bonchev–Trinajstić information content (AvgIpc) is 2.83. The lowest BCUT2D eigenvalue weighted by Crippen LogP contribution is -2.15. The Balaban J connectivity index is 2.29. The maximum Gasteiger partial charge on any atom is 0.273 e. The fourth-order valence-electron chi connectivity index (χ4n) is 1.74. The second-order valence-electron chi connectivity index (χ2n) is 4.17. The molecule has 104 valence electrons. The van der Waals surface area contributed by atoms with Crippen LogP contribution in [0.15, 0.2) is 24.5 Å². The molecular formula is C12H13N5O3. The van der Waals surface area contributed by atoms with E-state index < -0.39 is 10.8 Å². The minimum absolute atomic E-state index is 0.0573. The van der Waals surface area contributed by atoms with E-state index >= 15 is 0 Å². The SMILES string of the molecule is CCc1ccc(C(=O)Nc2nncn2C)cc1[N+](=O)[O-]. The summed E-state index contributed by atoms with van der Waals surface area (Å²) in [5.41, 5.74) is 0.736. The summed E-state index contributed by atoms with van der Waals surface area (Å²) in [6, 6.07) is 4.41. The number of hydrogen-bond acceptors (Lipinski definition) is 5. The van der Waals surface area contributed by atoms with Crippen LogP contribution in [0.4, 0.5) is 11.6 Å². The van der Waals surface area contributed by atoms with Gasteiger partial charge in [0.25, 0.3) is 11.6 Å². The monoisotopic (exact) mass is 275 g/mol. The Labute approximate surface area is 114 Å². The Hall–Kier alpha value is -2.77. The molecule has 0 bridgehead atoms. The first kappa shape index (κ1) is 13.7. The summed E-state index contributed by atoms with van der Waals surface area (Å²) in [5.74, 6) is -0.191. The third kappa shape index (κ3) is 2.63. The molecule has 1 aromatic heterocycles. The molecule has 2 rings (SSSR count). The number of amides is 1. The van der Waals surface area contributed by atoms with Gasteiger partial charge >= 0.3 is 0 Å². The van der Waals surface area contributed by atoms with Crippen molar-refractivity contribution in [1.29, 1.82) is 0 Å². The van der Waals surface area contributed by atoms with E-state index in [0.717, 1.165) is 0 Å². The van der Waals surface area contributed by atoms with E-state index in [4.69, 9.17) is 0 Å². The predicted molar refractivity (Wildman–Crippen MR) is 71.4 cm³/mol. The Morgan fingerprint density at radius 3 is 2.80 bits per heavy atom. The van der Waals surface area contributed by atoms with Gasteiger partial charge in [-0.3, -0.25) is 20.2 Å². The van der Waals surface area contributed by atoms with Gasteiger partial charge in [-0.2, -0.15) is 0 Å². The lowest BCUT2D eigenvalue weighted by molar-refractivity contribution is -0.385. The molecule has 8 heteroatoms. The van der Waals surface area contributed by atoms with Crippen LogP contribution < -0.4 is 5.32 Å². The van der Waals surface area contributed by atoms with Crippen molar-refractivity contribution in [2.45, 2.75) is 13.3 Å². The number of carbonyl (C=O) groups excluding carboxylic acids is 1. The second kappa shape index (κ2) is 5.47. The number of rotatable bonds is 4. The van der Waals surface area contributed by atoms with Gasteiger partial charge in [-0.1, -0.05) is 13.0 Å². The molecule has 1 N–H and O–H groups in total.